The molecule has 0 aliphatic carbocycles. The largest absolute Gasteiger partial charge is 0.382 e. The van der Waals surface area contributed by atoms with Crippen molar-refractivity contribution in [3.05, 3.63) is 54.1 Å². The molecule has 0 saturated carbocycles. The van der Waals surface area contributed by atoms with Crippen LogP contribution in [0, 0.1) is 0 Å². The van der Waals surface area contributed by atoms with Crippen molar-refractivity contribution >= 4 is 5.91 Å². The molecule has 0 bridgehead atoms. The van der Waals surface area contributed by atoms with Crippen LogP contribution in [0.5, 0.6) is 0 Å². The quantitative estimate of drug-likeness (QED) is 0.457. The first-order valence-corrected chi connectivity index (χ1v) is 11.2. The lowest BCUT2D eigenvalue weighted by atomic mass is 9.96. The Labute approximate surface area is 185 Å². The van der Waals surface area contributed by atoms with Crippen LogP contribution < -0.4 is 0 Å². The molecule has 0 radical (unpaired) electrons. The number of hydrogen-bond donors (Lipinski definition) is 0. The van der Waals surface area contributed by atoms with Crippen LogP contribution in [0.3, 0.4) is 0 Å². The highest BCUT2D eigenvalue weighted by molar-refractivity contribution is 5.77. The van der Waals surface area contributed by atoms with Gasteiger partial charge in [-0.25, -0.2) is 4.98 Å². The van der Waals surface area contributed by atoms with E-state index in [1.165, 1.54) is 5.56 Å². The van der Waals surface area contributed by atoms with Gasteiger partial charge in [0.25, 0.3) is 0 Å². The van der Waals surface area contributed by atoms with Gasteiger partial charge in [0.15, 0.2) is 0 Å². The van der Waals surface area contributed by atoms with E-state index in [4.69, 9.17) is 14.2 Å². The average Bonchev–Trinajstić information content (AvgIpc) is 3.28. The standard InChI is InChI=1S/C24H35N3O4/c1-29-17-18-31-20-23(28)26-13-9-22(10-14-26)24-25-11-15-27(24)12-5-6-16-30-19-21-7-3-2-4-8-21/h2-4,7-8,11,15,22H,5-6,9-10,12-14,16-20H2,1H3. The Hall–Kier alpha value is -2.22. The lowest BCUT2D eigenvalue weighted by molar-refractivity contribution is -0.137. The number of ether oxygens (including phenoxy) is 3. The number of amides is 1. The zero-order chi connectivity index (χ0) is 21.7. The van der Waals surface area contributed by atoms with E-state index in [0.29, 0.717) is 25.7 Å². The maximum Gasteiger partial charge on any atom is 0.248 e. The number of carbonyl (C=O) groups is 1. The van der Waals surface area contributed by atoms with Crippen molar-refractivity contribution in [3.63, 3.8) is 0 Å². The van der Waals surface area contributed by atoms with E-state index in [1.54, 1.807) is 7.11 Å². The van der Waals surface area contributed by atoms with Crippen molar-refractivity contribution in [2.24, 2.45) is 0 Å². The Morgan fingerprint density at radius 3 is 2.65 bits per heavy atom. The van der Waals surface area contributed by atoms with Crippen molar-refractivity contribution in [3.8, 4) is 0 Å². The Morgan fingerprint density at radius 1 is 1.06 bits per heavy atom. The normalized spacial score (nSPS) is 14.8. The van der Waals surface area contributed by atoms with E-state index in [1.807, 2.05) is 29.3 Å². The number of piperidine rings is 1. The molecule has 0 unspecified atom stereocenters. The molecular weight excluding hydrogens is 394 g/mol. The van der Waals surface area contributed by atoms with E-state index in [0.717, 1.165) is 57.7 Å². The molecular formula is C24H35N3O4. The molecule has 7 heteroatoms. The van der Waals surface area contributed by atoms with E-state index >= 15 is 0 Å². The summed E-state index contributed by atoms with van der Waals surface area (Å²) in [7, 11) is 1.62. The summed E-state index contributed by atoms with van der Waals surface area (Å²) in [5, 5.41) is 0. The van der Waals surface area contributed by atoms with Crippen LogP contribution in [-0.2, 0) is 32.2 Å². The summed E-state index contributed by atoms with van der Waals surface area (Å²) in [6.07, 6.45) is 7.94. The Morgan fingerprint density at radius 2 is 1.87 bits per heavy atom. The van der Waals surface area contributed by atoms with Gasteiger partial charge in [0.2, 0.25) is 5.91 Å². The third-order valence-electron chi connectivity index (χ3n) is 5.67. The van der Waals surface area contributed by atoms with Gasteiger partial charge < -0.3 is 23.7 Å². The molecule has 7 nitrogen and oxygen atoms in total. The minimum atomic E-state index is 0.0633. The van der Waals surface area contributed by atoms with E-state index in [9.17, 15) is 4.79 Å². The van der Waals surface area contributed by atoms with Crippen molar-refractivity contribution in [1.82, 2.24) is 14.5 Å². The van der Waals surface area contributed by atoms with Gasteiger partial charge in [-0.3, -0.25) is 4.79 Å². The molecule has 1 aromatic carbocycles. The summed E-state index contributed by atoms with van der Waals surface area (Å²) >= 11 is 0. The summed E-state index contributed by atoms with van der Waals surface area (Å²) in [4.78, 5) is 18.8. The van der Waals surface area contributed by atoms with Crippen LogP contribution in [0.25, 0.3) is 0 Å². The van der Waals surface area contributed by atoms with Crippen LogP contribution in [0.1, 0.15) is 43.0 Å². The number of benzene rings is 1. The molecule has 0 atom stereocenters. The molecule has 1 fully saturated rings. The number of imidazole rings is 1. The zero-order valence-corrected chi connectivity index (χ0v) is 18.6. The maximum atomic E-state index is 12.3. The fourth-order valence-corrected chi connectivity index (χ4v) is 3.90. The molecule has 1 amide bonds. The zero-order valence-electron chi connectivity index (χ0n) is 18.6. The minimum absolute atomic E-state index is 0.0633. The summed E-state index contributed by atoms with van der Waals surface area (Å²) in [6, 6.07) is 10.3. The molecule has 1 saturated heterocycles. The molecule has 2 aromatic rings. The minimum Gasteiger partial charge on any atom is -0.382 e. The van der Waals surface area contributed by atoms with Gasteiger partial charge in [0.05, 0.1) is 19.8 Å². The van der Waals surface area contributed by atoms with Gasteiger partial charge in [-0.05, 0) is 31.2 Å². The van der Waals surface area contributed by atoms with Crippen LogP contribution in [0.4, 0.5) is 0 Å². The lowest BCUT2D eigenvalue weighted by Crippen LogP contribution is -2.40. The molecule has 1 aromatic heterocycles. The number of unbranched alkanes of at least 4 members (excludes halogenated alkanes) is 1. The van der Waals surface area contributed by atoms with Crippen molar-refractivity contribution in [2.45, 2.75) is 44.8 Å². The second kappa shape index (κ2) is 13.2. The van der Waals surface area contributed by atoms with Gasteiger partial charge in [0, 0.05) is 51.7 Å². The van der Waals surface area contributed by atoms with Crippen molar-refractivity contribution in [2.75, 3.05) is 46.6 Å². The summed E-state index contributed by atoms with van der Waals surface area (Å²) in [5.74, 6) is 1.62. The lowest BCUT2D eigenvalue weighted by Gasteiger charge is -2.32. The second-order valence-corrected chi connectivity index (χ2v) is 7.92. The third-order valence-corrected chi connectivity index (χ3v) is 5.67. The Kier molecular flexibility index (Phi) is 10.0. The fraction of sp³-hybridized carbons (Fsp3) is 0.583. The third kappa shape index (κ3) is 7.76. The highest BCUT2D eigenvalue weighted by Crippen LogP contribution is 2.27. The van der Waals surface area contributed by atoms with Gasteiger partial charge >= 0.3 is 0 Å². The molecule has 1 aliphatic heterocycles. The molecule has 170 valence electrons. The van der Waals surface area contributed by atoms with E-state index in [2.05, 4.69) is 27.9 Å². The van der Waals surface area contributed by atoms with Gasteiger partial charge in [-0.2, -0.15) is 0 Å². The van der Waals surface area contributed by atoms with Crippen LogP contribution in [0.2, 0.25) is 0 Å². The smallest absolute Gasteiger partial charge is 0.248 e. The number of methoxy groups -OCH3 is 1. The molecule has 0 N–H and O–H groups in total. The molecule has 31 heavy (non-hydrogen) atoms. The average molecular weight is 430 g/mol. The van der Waals surface area contributed by atoms with Crippen molar-refractivity contribution in [1.29, 1.82) is 0 Å². The first kappa shape index (κ1) is 23.4. The number of rotatable bonds is 13. The number of hydrogen-bond acceptors (Lipinski definition) is 5. The number of carbonyl (C=O) groups excluding carboxylic acids is 1. The van der Waals surface area contributed by atoms with Crippen LogP contribution in [-0.4, -0.2) is 67.0 Å². The number of nitrogens with zero attached hydrogens (tertiary/aromatic N) is 3. The van der Waals surface area contributed by atoms with Crippen LogP contribution >= 0.6 is 0 Å². The fourth-order valence-electron chi connectivity index (χ4n) is 3.90. The monoisotopic (exact) mass is 429 g/mol. The Bertz CT molecular complexity index is 757. The Balaban J connectivity index is 1.33. The predicted octanol–water partition coefficient (Wildman–Crippen LogP) is 3.25. The van der Waals surface area contributed by atoms with Crippen LogP contribution in [0.15, 0.2) is 42.7 Å². The van der Waals surface area contributed by atoms with Crippen molar-refractivity contribution < 1.29 is 19.0 Å². The topological polar surface area (TPSA) is 65.8 Å². The highest BCUT2D eigenvalue weighted by Gasteiger charge is 2.26. The first-order chi connectivity index (χ1) is 15.3. The SMILES string of the molecule is COCCOCC(=O)N1CCC(c2nccn2CCCCOCc2ccccc2)CC1. The van der Waals surface area contributed by atoms with E-state index < -0.39 is 0 Å². The number of aromatic nitrogens is 2. The van der Waals surface area contributed by atoms with Gasteiger partial charge in [-0.1, -0.05) is 30.3 Å². The maximum absolute atomic E-state index is 12.3. The summed E-state index contributed by atoms with van der Waals surface area (Å²) in [6.45, 7) is 5.02. The predicted molar refractivity (Wildman–Crippen MR) is 119 cm³/mol. The molecule has 0 spiro atoms. The number of likely N-dealkylation sites (tertiary alicyclic amines) is 1. The number of aryl methyl sites for hydroxylation is 1. The van der Waals surface area contributed by atoms with Gasteiger partial charge in [-0.15, -0.1) is 0 Å². The first-order valence-electron chi connectivity index (χ1n) is 11.2. The summed E-state index contributed by atoms with van der Waals surface area (Å²) < 4.78 is 18.3. The summed E-state index contributed by atoms with van der Waals surface area (Å²) in [5.41, 5.74) is 1.21. The molecule has 2 heterocycles. The molecule has 3 rings (SSSR count). The highest BCUT2D eigenvalue weighted by atomic mass is 16.5. The molecule has 1 aliphatic rings. The second-order valence-electron chi connectivity index (χ2n) is 7.92. The van der Waals surface area contributed by atoms with E-state index in [-0.39, 0.29) is 12.5 Å². The van der Waals surface area contributed by atoms with Gasteiger partial charge in [0.1, 0.15) is 12.4 Å².